The summed E-state index contributed by atoms with van der Waals surface area (Å²) in [4.78, 5) is 38.6. The zero-order valence-electron chi connectivity index (χ0n) is 16.8. The molecule has 1 saturated heterocycles. The maximum atomic E-state index is 12.8. The van der Waals surface area contributed by atoms with Crippen LogP contribution in [0.3, 0.4) is 0 Å². The van der Waals surface area contributed by atoms with Crippen molar-refractivity contribution in [3.8, 4) is 11.3 Å². The largest absolute Gasteiger partial charge is 0.451 e. The number of furan rings is 1. The van der Waals surface area contributed by atoms with Gasteiger partial charge in [0, 0.05) is 35.7 Å². The molecular weight excluding hydrogens is 378 g/mol. The predicted octanol–water partition coefficient (Wildman–Crippen LogP) is 4.88. The molecule has 0 unspecified atom stereocenters. The van der Waals surface area contributed by atoms with Gasteiger partial charge >= 0.3 is 0 Å². The van der Waals surface area contributed by atoms with E-state index in [0.717, 1.165) is 11.1 Å². The Morgan fingerprint density at radius 1 is 0.833 bits per heavy atom. The van der Waals surface area contributed by atoms with E-state index in [1.165, 1.54) is 6.92 Å². The number of benzene rings is 2. The summed E-state index contributed by atoms with van der Waals surface area (Å²) in [5.41, 5.74) is 2.18. The van der Waals surface area contributed by atoms with Crippen LogP contribution in [0, 0.1) is 5.92 Å². The van der Waals surface area contributed by atoms with Crippen molar-refractivity contribution in [2.24, 2.45) is 5.92 Å². The van der Waals surface area contributed by atoms with E-state index >= 15 is 0 Å². The molecule has 1 aromatic heterocycles. The molecule has 4 rings (SSSR count). The molecule has 0 radical (unpaired) electrons. The van der Waals surface area contributed by atoms with Gasteiger partial charge in [-0.05, 0) is 31.9 Å². The third-order valence-electron chi connectivity index (χ3n) is 5.60. The first-order valence-corrected chi connectivity index (χ1v) is 10.1. The van der Waals surface area contributed by atoms with Crippen LogP contribution in [0.1, 0.15) is 51.0 Å². The van der Waals surface area contributed by atoms with Gasteiger partial charge in [-0.3, -0.25) is 14.4 Å². The highest BCUT2D eigenvalue weighted by atomic mass is 16.4. The molecule has 5 heteroatoms. The van der Waals surface area contributed by atoms with Crippen LogP contribution in [0.2, 0.25) is 0 Å². The van der Waals surface area contributed by atoms with Gasteiger partial charge in [0.15, 0.2) is 17.3 Å². The van der Waals surface area contributed by atoms with Crippen molar-refractivity contribution in [1.29, 1.82) is 0 Å². The summed E-state index contributed by atoms with van der Waals surface area (Å²) in [5.74, 6) is 0.815. The summed E-state index contributed by atoms with van der Waals surface area (Å²) in [7, 11) is 0. The number of hydrogen-bond donors (Lipinski definition) is 0. The first kappa shape index (κ1) is 19.8. The van der Waals surface area contributed by atoms with Crippen molar-refractivity contribution in [1.82, 2.24) is 4.90 Å². The van der Waals surface area contributed by atoms with Crippen molar-refractivity contribution in [3.05, 3.63) is 83.6 Å². The summed E-state index contributed by atoms with van der Waals surface area (Å²) in [5, 5.41) is 0. The van der Waals surface area contributed by atoms with Crippen LogP contribution in [0.5, 0.6) is 0 Å². The molecule has 152 valence electrons. The second-order valence-corrected chi connectivity index (χ2v) is 7.59. The first-order chi connectivity index (χ1) is 14.5. The first-order valence-electron chi connectivity index (χ1n) is 10.1. The Bertz CT molecular complexity index is 1060. The maximum Gasteiger partial charge on any atom is 0.289 e. The number of rotatable bonds is 5. The lowest BCUT2D eigenvalue weighted by molar-refractivity contribution is 0.0625. The zero-order chi connectivity index (χ0) is 21.1. The normalized spacial score (nSPS) is 14.5. The number of piperidine rings is 1. The molecule has 1 fully saturated rings. The lowest BCUT2D eigenvalue weighted by Crippen LogP contribution is -2.40. The van der Waals surface area contributed by atoms with Gasteiger partial charge in [0.05, 0.1) is 0 Å². The predicted molar refractivity (Wildman–Crippen MR) is 114 cm³/mol. The quantitative estimate of drug-likeness (QED) is 0.571. The molecule has 1 aliphatic rings. The third-order valence-corrected chi connectivity index (χ3v) is 5.60. The van der Waals surface area contributed by atoms with Crippen LogP contribution in [0.25, 0.3) is 11.3 Å². The number of ketones is 2. The Kier molecular flexibility index (Phi) is 5.61. The fraction of sp³-hybridized carbons (Fsp3) is 0.240. The molecule has 0 atom stereocenters. The highest BCUT2D eigenvalue weighted by Gasteiger charge is 2.29. The van der Waals surface area contributed by atoms with Gasteiger partial charge in [-0.15, -0.1) is 0 Å². The van der Waals surface area contributed by atoms with E-state index in [-0.39, 0.29) is 29.2 Å². The Hall–Kier alpha value is -3.47. The molecule has 1 amide bonds. The lowest BCUT2D eigenvalue weighted by Gasteiger charge is -2.30. The number of nitrogens with zero attached hydrogens (tertiary/aromatic N) is 1. The highest BCUT2D eigenvalue weighted by molar-refractivity contribution is 5.98. The molecule has 0 aliphatic carbocycles. The van der Waals surface area contributed by atoms with Gasteiger partial charge in [0.2, 0.25) is 0 Å². The number of carbonyl (C=O) groups excluding carboxylic acids is 3. The number of amides is 1. The van der Waals surface area contributed by atoms with Crippen LogP contribution in [-0.2, 0) is 0 Å². The fourth-order valence-electron chi connectivity index (χ4n) is 3.82. The van der Waals surface area contributed by atoms with E-state index in [1.807, 2.05) is 42.5 Å². The van der Waals surface area contributed by atoms with E-state index in [2.05, 4.69) is 0 Å². The van der Waals surface area contributed by atoms with Crippen LogP contribution in [0.15, 0.2) is 71.1 Å². The van der Waals surface area contributed by atoms with Crippen molar-refractivity contribution < 1.29 is 18.8 Å². The van der Waals surface area contributed by atoms with Crippen molar-refractivity contribution in [2.75, 3.05) is 13.1 Å². The summed E-state index contributed by atoms with van der Waals surface area (Å²) in [6.07, 6.45) is 1.30. The van der Waals surface area contributed by atoms with Gasteiger partial charge in [-0.2, -0.15) is 0 Å². The molecule has 0 bridgehead atoms. The average Bonchev–Trinajstić information content (AvgIpc) is 3.29. The number of carbonyl (C=O) groups is 3. The van der Waals surface area contributed by atoms with Crippen molar-refractivity contribution >= 4 is 17.5 Å². The topological polar surface area (TPSA) is 67.6 Å². The van der Waals surface area contributed by atoms with E-state index in [9.17, 15) is 14.4 Å². The second-order valence-electron chi connectivity index (χ2n) is 7.59. The molecule has 0 N–H and O–H groups in total. The summed E-state index contributed by atoms with van der Waals surface area (Å²) < 4.78 is 5.79. The molecule has 2 aromatic carbocycles. The SMILES string of the molecule is CC(=O)c1ccc(-c2ccc(C(=O)N3CCC(C(=O)c4ccccc4)CC3)o2)cc1. The summed E-state index contributed by atoms with van der Waals surface area (Å²) in [6, 6.07) is 19.9. The lowest BCUT2D eigenvalue weighted by atomic mass is 9.89. The second kappa shape index (κ2) is 8.49. The van der Waals surface area contributed by atoms with Crippen LogP contribution in [0.4, 0.5) is 0 Å². The summed E-state index contributed by atoms with van der Waals surface area (Å²) in [6.45, 7) is 2.59. The van der Waals surface area contributed by atoms with Crippen molar-refractivity contribution in [2.45, 2.75) is 19.8 Å². The molecule has 30 heavy (non-hydrogen) atoms. The number of hydrogen-bond acceptors (Lipinski definition) is 4. The average molecular weight is 401 g/mol. The van der Waals surface area contributed by atoms with E-state index < -0.39 is 0 Å². The van der Waals surface area contributed by atoms with Gasteiger partial charge in [-0.25, -0.2) is 0 Å². The highest BCUT2D eigenvalue weighted by Crippen LogP contribution is 2.26. The number of likely N-dealkylation sites (tertiary alicyclic amines) is 1. The molecule has 0 spiro atoms. The number of Topliss-reactive ketones (excluding diaryl/α,β-unsaturated/α-hetero) is 2. The third kappa shape index (κ3) is 4.10. The van der Waals surface area contributed by atoms with Crippen LogP contribution < -0.4 is 0 Å². The van der Waals surface area contributed by atoms with Gasteiger partial charge < -0.3 is 9.32 Å². The van der Waals surface area contributed by atoms with Gasteiger partial charge in [0.1, 0.15) is 5.76 Å². The van der Waals surface area contributed by atoms with E-state index in [0.29, 0.717) is 37.3 Å². The minimum atomic E-state index is -0.160. The minimum Gasteiger partial charge on any atom is -0.451 e. The van der Waals surface area contributed by atoms with E-state index in [4.69, 9.17) is 4.42 Å². The fourth-order valence-corrected chi connectivity index (χ4v) is 3.82. The minimum absolute atomic E-state index is 0.00557. The standard InChI is InChI=1S/C25H23NO4/c1-17(27)18-7-9-19(10-8-18)22-11-12-23(30-22)25(29)26-15-13-21(14-16-26)24(28)20-5-3-2-4-6-20/h2-12,21H,13-16H2,1H3. The van der Waals surface area contributed by atoms with E-state index in [1.54, 1.807) is 29.2 Å². The van der Waals surface area contributed by atoms with Crippen LogP contribution in [-0.4, -0.2) is 35.5 Å². The molecular formula is C25H23NO4. The monoisotopic (exact) mass is 401 g/mol. The smallest absolute Gasteiger partial charge is 0.289 e. The Labute approximate surface area is 175 Å². The Balaban J connectivity index is 1.39. The van der Waals surface area contributed by atoms with Crippen LogP contribution >= 0.6 is 0 Å². The maximum absolute atomic E-state index is 12.8. The zero-order valence-corrected chi connectivity index (χ0v) is 16.8. The molecule has 0 saturated carbocycles. The molecule has 1 aliphatic heterocycles. The summed E-state index contributed by atoms with van der Waals surface area (Å²) >= 11 is 0. The van der Waals surface area contributed by atoms with Gasteiger partial charge in [-0.1, -0.05) is 54.6 Å². The molecule has 5 nitrogen and oxygen atoms in total. The molecule has 2 heterocycles. The van der Waals surface area contributed by atoms with Gasteiger partial charge in [0.25, 0.3) is 5.91 Å². The Morgan fingerprint density at radius 2 is 1.50 bits per heavy atom. The van der Waals surface area contributed by atoms with Crippen molar-refractivity contribution in [3.63, 3.8) is 0 Å². The molecule has 3 aromatic rings. The Morgan fingerprint density at radius 3 is 2.13 bits per heavy atom.